The minimum absolute atomic E-state index is 0.325. The van der Waals surface area contributed by atoms with E-state index in [1.807, 2.05) is 54.6 Å². The average molecular weight is 306 g/mol. The van der Waals surface area contributed by atoms with Gasteiger partial charge in [-0.05, 0) is 24.6 Å². The van der Waals surface area contributed by atoms with Crippen LogP contribution in [0.3, 0.4) is 0 Å². The van der Waals surface area contributed by atoms with Crippen LogP contribution in [0.25, 0.3) is 10.9 Å². The van der Waals surface area contributed by atoms with Crippen molar-refractivity contribution in [2.45, 2.75) is 13.5 Å². The Balaban J connectivity index is 1.93. The van der Waals surface area contributed by atoms with Gasteiger partial charge in [0.15, 0.2) is 0 Å². The van der Waals surface area contributed by atoms with Crippen LogP contribution in [0.15, 0.2) is 60.7 Å². The van der Waals surface area contributed by atoms with Crippen molar-refractivity contribution < 1.29 is 9.53 Å². The van der Waals surface area contributed by atoms with Crippen molar-refractivity contribution in [2.24, 2.45) is 0 Å². The Kier molecular flexibility index (Phi) is 4.52. The van der Waals surface area contributed by atoms with E-state index >= 15 is 0 Å². The molecule has 0 saturated heterocycles. The van der Waals surface area contributed by atoms with E-state index in [1.165, 1.54) is 0 Å². The summed E-state index contributed by atoms with van der Waals surface area (Å²) < 4.78 is 5.16. The number of nitrogens with one attached hydrogen (secondary N) is 1. The fourth-order valence-corrected chi connectivity index (χ4v) is 2.43. The van der Waals surface area contributed by atoms with Gasteiger partial charge in [-0.1, -0.05) is 48.5 Å². The molecular weight excluding hydrogens is 288 g/mol. The Morgan fingerprint density at radius 3 is 2.61 bits per heavy atom. The molecule has 3 rings (SSSR count). The van der Waals surface area contributed by atoms with Crippen molar-refractivity contribution in [3.8, 4) is 0 Å². The molecule has 0 saturated carbocycles. The van der Waals surface area contributed by atoms with Crippen molar-refractivity contribution in [3.05, 3.63) is 71.8 Å². The van der Waals surface area contributed by atoms with Crippen molar-refractivity contribution >= 4 is 22.7 Å². The zero-order valence-electron chi connectivity index (χ0n) is 13.0. The number of anilines is 1. The lowest BCUT2D eigenvalue weighted by atomic mass is 10.1. The molecule has 1 N–H and O–H groups in total. The first-order valence-corrected chi connectivity index (χ1v) is 7.62. The third kappa shape index (κ3) is 3.48. The van der Waals surface area contributed by atoms with E-state index in [-0.39, 0.29) is 5.97 Å². The summed E-state index contributed by atoms with van der Waals surface area (Å²) in [6.45, 7) is 2.80. The van der Waals surface area contributed by atoms with Gasteiger partial charge in [-0.15, -0.1) is 0 Å². The summed E-state index contributed by atoms with van der Waals surface area (Å²) in [6, 6.07) is 19.4. The van der Waals surface area contributed by atoms with Crippen molar-refractivity contribution in [3.63, 3.8) is 0 Å². The Hall–Kier alpha value is -2.88. The molecule has 2 aromatic carbocycles. The summed E-state index contributed by atoms with van der Waals surface area (Å²) in [5.41, 5.74) is 2.46. The topological polar surface area (TPSA) is 51.2 Å². The zero-order chi connectivity index (χ0) is 16.1. The summed E-state index contributed by atoms with van der Waals surface area (Å²) in [5, 5.41) is 4.07. The predicted octanol–water partition coefficient (Wildman–Crippen LogP) is 4.02. The van der Waals surface area contributed by atoms with Gasteiger partial charge in [-0.2, -0.15) is 0 Å². The van der Waals surface area contributed by atoms with Gasteiger partial charge >= 0.3 is 5.97 Å². The lowest BCUT2D eigenvalue weighted by Crippen LogP contribution is -2.08. The smallest absolute Gasteiger partial charge is 0.338 e. The lowest BCUT2D eigenvalue weighted by Gasteiger charge is -2.11. The number of hydrogen-bond acceptors (Lipinski definition) is 4. The summed E-state index contributed by atoms with van der Waals surface area (Å²) >= 11 is 0. The van der Waals surface area contributed by atoms with E-state index in [9.17, 15) is 4.79 Å². The predicted molar refractivity (Wildman–Crippen MR) is 91.5 cm³/mol. The van der Waals surface area contributed by atoms with Crippen molar-refractivity contribution in [1.82, 2.24) is 4.98 Å². The molecule has 0 amide bonds. The number of rotatable bonds is 5. The summed E-state index contributed by atoms with van der Waals surface area (Å²) in [4.78, 5) is 16.8. The van der Waals surface area contributed by atoms with Gasteiger partial charge in [0.2, 0.25) is 0 Å². The quantitative estimate of drug-likeness (QED) is 0.723. The van der Waals surface area contributed by atoms with Crippen LogP contribution in [0.2, 0.25) is 0 Å². The molecule has 116 valence electrons. The number of carbonyl (C=O) groups excluding carboxylic acids is 1. The van der Waals surface area contributed by atoms with E-state index in [4.69, 9.17) is 4.74 Å². The lowest BCUT2D eigenvalue weighted by molar-refractivity contribution is 0.0528. The molecule has 0 aliphatic carbocycles. The molecule has 0 aliphatic heterocycles. The van der Waals surface area contributed by atoms with Crippen LogP contribution in [0.4, 0.5) is 5.82 Å². The number of pyridine rings is 1. The van der Waals surface area contributed by atoms with E-state index in [2.05, 4.69) is 10.3 Å². The molecule has 0 radical (unpaired) electrons. The molecular formula is C19H18N2O2. The van der Waals surface area contributed by atoms with Crippen molar-refractivity contribution in [1.29, 1.82) is 0 Å². The molecule has 4 heteroatoms. The van der Waals surface area contributed by atoms with E-state index < -0.39 is 0 Å². The average Bonchev–Trinajstić information content (AvgIpc) is 2.60. The second kappa shape index (κ2) is 6.92. The largest absolute Gasteiger partial charge is 0.462 e. The monoisotopic (exact) mass is 306 g/mol. The number of para-hydroxylation sites is 1. The fraction of sp³-hybridized carbons (Fsp3) is 0.158. The fourth-order valence-electron chi connectivity index (χ4n) is 2.43. The van der Waals surface area contributed by atoms with E-state index in [0.29, 0.717) is 24.5 Å². The molecule has 0 fully saturated rings. The van der Waals surface area contributed by atoms with Gasteiger partial charge in [-0.25, -0.2) is 9.78 Å². The highest BCUT2D eigenvalue weighted by atomic mass is 16.5. The second-order valence-corrected chi connectivity index (χ2v) is 5.13. The van der Waals surface area contributed by atoms with Crippen molar-refractivity contribution in [2.75, 3.05) is 11.9 Å². The van der Waals surface area contributed by atoms with Gasteiger partial charge < -0.3 is 10.1 Å². The first-order chi connectivity index (χ1) is 11.3. The summed E-state index contributed by atoms with van der Waals surface area (Å²) in [7, 11) is 0. The number of aromatic nitrogens is 1. The standard InChI is InChI=1S/C19H18N2O2/c1-2-23-19(22)16-12-18(20-13-14-8-4-3-5-9-14)21-17-11-7-6-10-15(16)17/h3-12H,2,13H2,1H3,(H,20,21). The number of benzene rings is 2. The highest BCUT2D eigenvalue weighted by Gasteiger charge is 2.13. The van der Waals surface area contributed by atoms with Crippen LogP contribution >= 0.6 is 0 Å². The Morgan fingerprint density at radius 2 is 1.83 bits per heavy atom. The molecule has 23 heavy (non-hydrogen) atoms. The molecule has 1 aromatic heterocycles. The van der Waals surface area contributed by atoms with Crippen LogP contribution in [0.1, 0.15) is 22.8 Å². The number of esters is 1. The molecule has 1 heterocycles. The highest BCUT2D eigenvalue weighted by molar-refractivity contribution is 6.04. The maximum Gasteiger partial charge on any atom is 0.338 e. The highest BCUT2D eigenvalue weighted by Crippen LogP contribution is 2.22. The van der Waals surface area contributed by atoms with Gasteiger partial charge in [-0.3, -0.25) is 0 Å². The third-order valence-electron chi connectivity index (χ3n) is 3.53. The molecule has 0 unspecified atom stereocenters. The van der Waals surface area contributed by atoms with Gasteiger partial charge in [0.05, 0.1) is 17.7 Å². The zero-order valence-corrected chi connectivity index (χ0v) is 13.0. The molecule has 0 spiro atoms. The minimum atomic E-state index is -0.325. The molecule has 4 nitrogen and oxygen atoms in total. The van der Waals surface area contributed by atoms with Gasteiger partial charge in [0, 0.05) is 11.9 Å². The molecule has 0 aliphatic rings. The number of carbonyl (C=O) groups is 1. The third-order valence-corrected chi connectivity index (χ3v) is 3.53. The SMILES string of the molecule is CCOC(=O)c1cc(NCc2ccccc2)nc2ccccc12. The number of ether oxygens (including phenoxy) is 1. The second-order valence-electron chi connectivity index (χ2n) is 5.13. The first-order valence-electron chi connectivity index (χ1n) is 7.62. The van der Waals surface area contributed by atoms with Gasteiger partial charge in [0.25, 0.3) is 0 Å². The first kappa shape index (κ1) is 15.0. The van der Waals surface area contributed by atoms with Crippen LogP contribution in [0, 0.1) is 0 Å². The summed E-state index contributed by atoms with van der Waals surface area (Å²) in [5.74, 6) is 0.337. The number of hydrogen-bond donors (Lipinski definition) is 1. The summed E-state index contributed by atoms with van der Waals surface area (Å²) in [6.07, 6.45) is 0. The number of nitrogens with zero attached hydrogens (tertiary/aromatic N) is 1. The van der Waals surface area contributed by atoms with Gasteiger partial charge in [0.1, 0.15) is 5.82 Å². The van der Waals surface area contributed by atoms with Crippen LogP contribution in [-0.2, 0) is 11.3 Å². The normalized spacial score (nSPS) is 10.5. The number of fused-ring (bicyclic) bond motifs is 1. The molecule has 0 atom stereocenters. The maximum absolute atomic E-state index is 12.2. The molecule has 0 bridgehead atoms. The minimum Gasteiger partial charge on any atom is -0.462 e. The Labute approximate surface area is 135 Å². The Morgan fingerprint density at radius 1 is 1.09 bits per heavy atom. The van der Waals surface area contributed by atoms with E-state index in [0.717, 1.165) is 16.5 Å². The van der Waals surface area contributed by atoms with Crippen LogP contribution < -0.4 is 5.32 Å². The van der Waals surface area contributed by atoms with Crippen LogP contribution in [0.5, 0.6) is 0 Å². The van der Waals surface area contributed by atoms with E-state index in [1.54, 1.807) is 13.0 Å². The maximum atomic E-state index is 12.2. The van der Waals surface area contributed by atoms with Crippen LogP contribution in [-0.4, -0.2) is 17.6 Å². The molecule has 3 aromatic rings. The Bertz CT molecular complexity index is 816.